The lowest BCUT2D eigenvalue weighted by Crippen LogP contribution is -2.34. The number of anilines is 1. The lowest BCUT2D eigenvalue weighted by atomic mass is 10.0. The van der Waals surface area contributed by atoms with Crippen LogP contribution < -0.4 is 10.6 Å². The standard InChI is InChI=1S/C16H15F6N3O2/c1-3-27-14(26)11(23)7-25-8(2)4-5-9-10(15(17,18)19)6-12(16(20,21)22)24-13(9)25/h4-8H,3,23H2,1-2H3/b11-7-. The van der Waals surface area contributed by atoms with E-state index in [-0.39, 0.29) is 12.7 Å². The number of pyridine rings is 1. The summed E-state index contributed by atoms with van der Waals surface area (Å²) in [5, 5.41) is 0. The van der Waals surface area contributed by atoms with E-state index in [1.165, 1.54) is 19.9 Å². The van der Waals surface area contributed by atoms with E-state index in [4.69, 9.17) is 5.73 Å². The first kappa shape index (κ1) is 20.6. The van der Waals surface area contributed by atoms with Crippen LogP contribution in [0.15, 0.2) is 24.0 Å². The highest BCUT2D eigenvalue weighted by Gasteiger charge is 2.42. The zero-order valence-electron chi connectivity index (χ0n) is 14.1. The summed E-state index contributed by atoms with van der Waals surface area (Å²) >= 11 is 0. The second-order valence-electron chi connectivity index (χ2n) is 5.60. The molecule has 0 aliphatic carbocycles. The van der Waals surface area contributed by atoms with E-state index in [0.717, 1.165) is 17.2 Å². The summed E-state index contributed by atoms with van der Waals surface area (Å²) in [5.74, 6) is -1.57. The van der Waals surface area contributed by atoms with Gasteiger partial charge in [0.25, 0.3) is 0 Å². The van der Waals surface area contributed by atoms with Gasteiger partial charge in [0.2, 0.25) is 0 Å². The van der Waals surface area contributed by atoms with Crippen molar-refractivity contribution in [3.05, 3.63) is 40.9 Å². The molecular formula is C16H15F6N3O2. The van der Waals surface area contributed by atoms with E-state index >= 15 is 0 Å². The van der Waals surface area contributed by atoms with Gasteiger partial charge in [0.1, 0.15) is 17.2 Å². The molecule has 5 nitrogen and oxygen atoms in total. The molecule has 1 aliphatic heterocycles. The summed E-state index contributed by atoms with van der Waals surface area (Å²) in [4.78, 5) is 16.0. The van der Waals surface area contributed by atoms with Gasteiger partial charge < -0.3 is 15.4 Å². The molecule has 1 unspecified atom stereocenters. The van der Waals surface area contributed by atoms with Gasteiger partial charge in [-0.2, -0.15) is 26.3 Å². The first-order valence-corrected chi connectivity index (χ1v) is 7.66. The van der Waals surface area contributed by atoms with E-state index in [9.17, 15) is 31.1 Å². The average Bonchev–Trinajstić information content (AvgIpc) is 2.54. The van der Waals surface area contributed by atoms with Gasteiger partial charge in [-0.05, 0) is 19.9 Å². The zero-order valence-corrected chi connectivity index (χ0v) is 14.1. The molecule has 1 aliphatic rings. The number of hydrogen-bond donors (Lipinski definition) is 1. The number of carbonyl (C=O) groups excluding carboxylic acids is 1. The number of halogens is 6. The highest BCUT2D eigenvalue weighted by Crippen LogP contribution is 2.42. The Hall–Kier alpha value is -2.72. The highest BCUT2D eigenvalue weighted by molar-refractivity contribution is 5.88. The molecule has 0 saturated carbocycles. The molecule has 0 amide bonds. The lowest BCUT2D eigenvalue weighted by molar-refractivity contribution is -0.145. The van der Waals surface area contributed by atoms with Crippen molar-refractivity contribution in [2.75, 3.05) is 11.5 Å². The minimum absolute atomic E-state index is 0.00584. The fourth-order valence-corrected chi connectivity index (χ4v) is 2.40. The molecule has 2 N–H and O–H groups in total. The molecule has 148 valence electrons. The number of aromatic nitrogens is 1. The molecule has 11 heteroatoms. The maximum Gasteiger partial charge on any atom is 0.433 e. The molecule has 0 radical (unpaired) electrons. The van der Waals surface area contributed by atoms with Gasteiger partial charge in [-0.1, -0.05) is 12.2 Å². The van der Waals surface area contributed by atoms with Crippen molar-refractivity contribution in [3.8, 4) is 0 Å². The first-order chi connectivity index (χ1) is 12.4. The summed E-state index contributed by atoms with van der Waals surface area (Å²) in [7, 11) is 0. The minimum atomic E-state index is -5.10. The Bertz CT molecular complexity index is 799. The van der Waals surface area contributed by atoms with Crippen LogP contribution in [0.3, 0.4) is 0 Å². The summed E-state index contributed by atoms with van der Waals surface area (Å²) in [6.07, 6.45) is -6.86. The quantitative estimate of drug-likeness (QED) is 0.480. The lowest BCUT2D eigenvalue weighted by Gasteiger charge is -2.31. The van der Waals surface area contributed by atoms with Crippen molar-refractivity contribution in [3.63, 3.8) is 0 Å². The Kier molecular flexibility index (Phi) is 5.43. The predicted octanol–water partition coefficient (Wildman–Crippen LogP) is 3.70. The van der Waals surface area contributed by atoms with Crippen LogP contribution in [0.4, 0.5) is 32.2 Å². The van der Waals surface area contributed by atoms with Gasteiger partial charge in [0.15, 0.2) is 0 Å². The Morgan fingerprint density at radius 1 is 1.30 bits per heavy atom. The Balaban J connectivity index is 2.69. The molecule has 0 spiro atoms. The van der Waals surface area contributed by atoms with Crippen LogP contribution in [0.25, 0.3) is 6.08 Å². The van der Waals surface area contributed by atoms with Crippen LogP contribution in [-0.2, 0) is 21.9 Å². The number of fused-ring (bicyclic) bond motifs is 1. The van der Waals surface area contributed by atoms with Crippen molar-refractivity contribution in [1.82, 2.24) is 4.98 Å². The molecule has 0 aromatic carbocycles. The van der Waals surface area contributed by atoms with Crippen LogP contribution in [0.5, 0.6) is 0 Å². The number of alkyl halides is 6. The van der Waals surface area contributed by atoms with Crippen molar-refractivity contribution in [2.45, 2.75) is 32.2 Å². The Labute approximate surface area is 150 Å². The highest BCUT2D eigenvalue weighted by atomic mass is 19.4. The molecule has 1 aromatic rings. The maximum atomic E-state index is 13.3. The molecule has 2 heterocycles. The second-order valence-corrected chi connectivity index (χ2v) is 5.60. The third-order valence-corrected chi connectivity index (χ3v) is 3.65. The van der Waals surface area contributed by atoms with Crippen LogP contribution in [0, 0.1) is 0 Å². The normalized spacial score (nSPS) is 17.7. The number of ether oxygens (including phenoxy) is 1. The predicted molar refractivity (Wildman–Crippen MR) is 84.1 cm³/mol. The number of rotatable bonds is 3. The maximum absolute atomic E-state index is 13.3. The fourth-order valence-electron chi connectivity index (χ4n) is 2.40. The molecule has 27 heavy (non-hydrogen) atoms. The smallest absolute Gasteiger partial charge is 0.433 e. The number of nitrogens with zero attached hydrogens (tertiary/aromatic N) is 2. The van der Waals surface area contributed by atoms with Crippen LogP contribution in [0.1, 0.15) is 30.7 Å². The molecule has 1 atom stereocenters. The minimum Gasteiger partial charge on any atom is -0.461 e. The van der Waals surface area contributed by atoms with Crippen molar-refractivity contribution in [1.29, 1.82) is 0 Å². The molecule has 0 bridgehead atoms. The van der Waals surface area contributed by atoms with Crippen molar-refractivity contribution < 1.29 is 35.9 Å². The Morgan fingerprint density at radius 2 is 1.93 bits per heavy atom. The number of esters is 1. The van der Waals surface area contributed by atoms with Crippen LogP contribution in [0.2, 0.25) is 0 Å². The number of nitrogens with two attached hydrogens (primary N) is 1. The topological polar surface area (TPSA) is 68.5 Å². The molecule has 2 rings (SSSR count). The largest absolute Gasteiger partial charge is 0.461 e. The monoisotopic (exact) mass is 395 g/mol. The molecule has 1 aromatic heterocycles. The zero-order chi connectivity index (χ0) is 20.6. The molecular weight excluding hydrogens is 380 g/mol. The van der Waals surface area contributed by atoms with Crippen LogP contribution >= 0.6 is 0 Å². The average molecular weight is 395 g/mol. The van der Waals surface area contributed by atoms with E-state index in [0.29, 0.717) is 0 Å². The van der Waals surface area contributed by atoms with Gasteiger partial charge in [0.05, 0.1) is 18.2 Å². The molecule has 0 saturated heterocycles. The third-order valence-electron chi connectivity index (χ3n) is 3.65. The summed E-state index contributed by atoms with van der Waals surface area (Å²) < 4.78 is 83.7. The van der Waals surface area contributed by atoms with Gasteiger partial charge in [-0.15, -0.1) is 0 Å². The van der Waals surface area contributed by atoms with E-state index in [1.807, 2.05) is 0 Å². The van der Waals surface area contributed by atoms with Gasteiger partial charge in [-0.25, -0.2) is 9.78 Å². The van der Waals surface area contributed by atoms with E-state index in [1.54, 1.807) is 0 Å². The number of carbonyl (C=O) groups is 1. The fraction of sp³-hybridized carbons (Fsp3) is 0.375. The first-order valence-electron chi connectivity index (χ1n) is 7.66. The summed E-state index contributed by atoms with van der Waals surface area (Å²) in [6, 6.07) is -0.752. The van der Waals surface area contributed by atoms with Gasteiger partial charge in [-0.3, -0.25) is 0 Å². The second kappa shape index (κ2) is 7.12. The van der Waals surface area contributed by atoms with Crippen molar-refractivity contribution >= 4 is 17.9 Å². The van der Waals surface area contributed by atoms with Crippen LogP contribution in [-0.4, -0.2) is 23.6 Å². The van der Waals surface area contributed by atoms with Gasteiger partial charge >= 0.3 is 18.3 Å². The SMILES string of the molecule is CCOC(=O)/C(N)=C/N1c2nc(C(F)(F)F)cc(C(F)(F)F)c2C=CC1C. The van der Waals surface area contributed by atoms with Gasteiger partial charge in [0, 0.05) is 11.8 Å². The summed E-state index contributed by atoms with van der Waals surface area (Å²) in [5.41, 5.74) is 1.31. The third kappa shape index (κ3) is 4.34. The molecule has 0 fully saturated rings. The van der Waals surface area contributed by atoms with E-state index in [2.05, 4.69) is 9.72 Å². The van der Waals surface area contributed by atoms with Crippen molar-refractivity contribution in [2.24, 2.45) is 5.73 Å². The summed E-state index contributed by atoms with van der Waals surface area (Å²) in [6.45, 7) is 3.00. The Morgan fingerprint density at radius 3 is 2.44 bits per heavy atom. The van der Waals surface area contributed by atoms with E-state index < -0.39 is 52.7 Å². The number of hydrogen-bond acceptors (Lipinski definition) is 5.